The number of methoxy groups -OCH3 is 1. The molecule has 0 aliphatic carbocycles. The highest BCUT2D eigenvalue weighted by Crippen LogP contribution is 2.38. The van der Waals surface area contributed by atoms with Gasteiger partial charge in [-0.1, -0.05) is 42.7 Å². The molecule has 0 radical (unpaired) electrons. The number of anilines is 4. The molecular formula is C45H47N9O5. The molecule has 1 saturated heterocycles. The first-order valence-corrected chi connectivity index (χ1v) is 19.5. The average molecular weight is 794 g/mol. The molecule has 1 unspecified atom stereocenters. The fourth-order valence-electron chi connectivity index (χ4n) is 7.52. The van der Waals surface area contributed by atoms with Gasteiger partial charge in [0.25, 0.3) is 5.91 Å². The highest BCUT2D eigenvalue weighted by atomic mass is 16.5. The Bertz CT molecular complexity index is 2520. The zero-order valence-corrected chi connectivity index (χ0v) is 33.7. The number of aromatic nitrogens is 3. The van der Waals surface area contributed by atoms with E-state index in [1.165, 1.54) is 6.08 Å². The summed E-state index contributed by atoms with van der Waals surface area (Å²) in [4.78, 5) is 65.0. The van der Waals surface area contributed by atoms with Crippen LogP contribution in [0.4, 0.5) is 23.0 Å². The van der Waals surface area contributed by atoms with Gasteiger partial charge in [-0.3, -0.25) is 24.5 Å². The molecule has 2 aliphatic rings. The smallest absolute Gasteiger partial charge is 0.255 e. The van der Waals surface area contributed by atoms with Crippen molar-refractivity contribution in [2.24, 2.45) is 7.05 Å². The summed E-state index contributed by atoms with van der Waals surface area (Å²) in [5.74, 6) is 6.15. The number of hydrogen-bond acceptors (Lipinski definition) is 10. The number of carbonyl (C=O) groups excluding carboxylic acids is 4. The number of hydrogen-bond donors (Lipinski definition) is 3. The van der Waals surface area contributed by atoms with Crippen LogP contribution in [0.25, 0.3) is 22.2 Å². The van der Waals surface area contributed by atoms with Crippen LogP contribution in [0.5, 0.6) is 5.75 Å². The van der Waals surface area contributed by atoms with Crippen molar-refractivity contribution in [2.75, 3.05) is 56.4 Å². The van der Waals surface area contributed by atoms with Crippen LogP contribution in [0.1, 0.15) is 47.2 Å². The zero-order chi connectivity index (χ0) is 41.6. The number of unbranched alkanes of at least 4 members (excludes halogenated alkanes) is 1. The number of benzene rings is 3. The van der Waals surface area contributed by atoms with Gasteiger partial charge in [0.1, 0.15) is 11.8 Å². The van der Waals surface area contributed by atoms with Gasteiger partial charge in [0, 0.05) is 92.6 Å². The maximum atomic E-state index is 13.2. The number of amides is 4. The Kier molecular flexibility index (Phi) is 12.0. The number of likely N-dealkylation sites (N-methyl/N-ethyl adjacent to an activating group) is 2. The lowest BCUT2D eigenvalue weighted by Gasteiger charge is -2.29. The highest BCUT2D eigenvalue weighted by molar-refractivity contribution is 6.06. The van der Waals surface area contributed by atoms with Crippen LogP contribution in [-0.4, -0.2) is 94.8 Å². The average Bonchev–Trinajstić information content (AvgIpc) is 3.76. The fourth-order valence-corrected chi connectivity index (χ4v) is 7.52. The summed E-state index contributed by atoms with van der Waals surface area (Å²) in [7, 11) is 7.62. The minimum atomic E-state index is -0.662. The van der Waals surface area contributed by atoms with E-state index in [1.807, 2.05) is 56.6 Å². The number of ether oxygens (including phenoxy) is 1. The van der Waals surface area contributed by atoms with E-state index in [-0.39, 0.29) is 24.1 Å². The second kappa shape index (κ2) is 17.7. The Morgan fingerprint density at radius 1 is 1.05 bits per heavy atom. The van der Waals surface area contributed by atoms with E-state index in [9.17, 15) is 19.2 Å². The van der Waals surface area contributed by atoms with E-state index in [0.717, 1.165) is 58.5 Å². The molecule has 0 spiro atoms. The van der Waals surface area contributed by atoms with Gasteiger partial charge in [0.15, 0.2) is 0 Å². The standard InChI is InChI=1S/C45H47N9O5/c1-6-41(55)47-35-25-36(49-45-46-21-20-34(48-45)33-27-53(4)37-17-10-9-15-30(33)37)40(59-5)26-39(35)52(3)24-23-51(2)22-11-7-8-13-29-14-12-16-31-32(29)28-54(44(31)58)38-18-19-42(56)50-43(38)57/h6,9-10,12,14-17,20-21,25-27,38H,1,7,11,18-19,22-24,28H2,2-5H3,(H,47,55)(H,46,48,49)(H,50,56,57). The summed E-state index contributed by atoms with van der Waals surface area (Å²) < 4.78 is 7.90. The van der Waals surface area contributed by atoms with E-state index in [4.69, 9.17) is 9.72 Å². The Labute approximate surface area is 343 Å². The summed E-state index contributed by atoms with van der Waals surface area (Å²) in [6.07, 6.45) is 7.02. The minimum Gasteiger partial charge on any atom is -0.494 e. The van der Waals surface area contributed by atoms with Crippen molar-refractivity contribution in [2.45, 2.75) is 38.3 Å². The molecule has 7 rings (SSSR count). The van der Waals surface area contributed by atoms with Gasteiger partial charge in [-0.05, 0) is 68.4 Å². The number of nitrogens with one attached hydrogen (secondary N) is 3. The molecule has 5 aromatic rings. The maximum Gasteiger partial charge on any atom is 0.255 e. The molecule has 3 aromatic carbocycles. The summed E-state index contributed by atoms with van der Waals surface area (Å²) in [6.45, 7) is 6.12. The van der Waals surface area contributed by atoms with E-state index in [2.05, 4.69) is 79.1 Å². The lowest BCUT2D eigenvalue weighted by molar-refractivity contribution is -0.137. The number of carbonyl (C=O) groups is 4. The lowest BCUT2D eigenvalue weighted by Crippen LogP contribution is -2.52. The quantitative estimate of drug-likeness (QED) is 0.0571. The second-order valence-electron chi connectivity index (χ2n) is 14.7. The molecule has 1 atom stereocenters. The van der Waals surface area contributed by atoms with E-state index in [1.54, 1.807) is 24.3 Å². The van der Waals surface area contributed by atoms with Crippen molar-refractivity contribution >= 4 is 57.5 Å². The van der Waals surface area contributed by atoms with Gasteiger partial charge < -0.3 is 34.6 Å². The Balaban J connectivity index is 0.972. The van der Waals surface area contributed by atoms with Crippen molar-refractivity contribution < 1.29 is 23.9 Å². The van der Waals surface area contributed by atoms with Crippen LogP contribution >= 0.6 is 0 Å². The summed E-state index contributed by atoms with van der Waals surface area (Å²) in [6, 6.07) is 18.6. The topological polar surface area (TPSA) is 154 Å². The van der Waals surface area contributed by atoms with E-state index < -0.39 is 11.9 Å². The fraction of sp³-hybridized carbons (Fsp3) is 0.289. The number of piperidine rings is 1. The molecule has 3 N–H and O–H groups in total. The summed E-state index contributed by atoms with van der Waals surface area (Å²) in [5.41, 5.74) is 6.92. The normalized spacial score (nSPS) is 14.8. The van der Waals surface area contributed by atoms with Gasteiger partial charge in [-0.25, -0.2) is 9.97 Å². The lowest BCUT2D eigenvalue weighted by atomic mass is 10.0. The third-order valence-corrected chi connectivity index (χ3v) is 10.7. The van der Waals surface area contributed by atoms with Gasteiger partial charge in [-0.2, -0.15) is 0 Å². The monoisotopic (exact) mass is 793 g/mol. The number of rotatable bonds is 14. The Morgan fingerprint density at radius 2 is 1.88 bits per heavy atom. The number of fused-ring (bicyclic) bond motifs is 2. The molecule has 2 aromatic heterocycles. The molecule has 302 valence electrons. The van der Waals surface area contributed by atoms with Gasteiger partial charge in [0.2, 0.25) is 23.7 Å². The van der Waals surface area contributed by atoms with Crippen molar-refractivity contribution in [3.63, 3.8) is 0 Å². The van der Waals surface area contributed by atoms with Crippen LogP contribution in [0, 0.1) is 11.8 Å². The molecule has 14 nitrogen and oxygen atoms in total. The van der Waals surface area contributed by atoms with Crippen molar-refractivity contribution in [3.05, 3.63) is 102 Å². The van der Waals surface area contributed by atoms with E-state index in [0.29, 0.717) is 54.6 Å². The molecule has 2 aliphatic heterocycles. The first kappa shape index (κ1) is 40.2. The Hall–Kier alpha value is -6.98. The molecule has 0 saturated carbocycles. The maximum absolute atomic E-state index is 13.2. The second-order valence-corrected chi connectivity index (χ2v) is 14.7. The van der Waals surface area contributed by atoms with E-state index >= 15 is 0 Å². The molecule has 59 heavy (non-hydrogen) atoms. The Morgan fingerprint density at radius 3 is 2.68 bits per heavy atom. The summed E-state index contributed by atoms with van der Waals surface area (Å²) in [5, 5.41) is 9.69. The number of para-hydroxylation sites is 1. The SMILES string of the molecule is C=CC(=O)Nc1cc(Nc2nccc(-c3cn(C)c4ccccc34)n2)c(OC)cc1N(C)CCN(C)CCCC#Cc1cccc2c1CN(C1CCC(=O)NC1=O)C2=O. The van der Waals surface area contributed by atoms with Crippen LogP contribution in [0.15, 0.2) is 85.7 Å². The number of aryl methyl sites for hydroxylation is 1. The third kappa shape index (κ3) is 8.80. The zero-order valence-electron chi connectivity index (χ0n) is 33.7. The van der Waals surface area contributed by atoms with Gasteiger partial charge in [-0.15, -0.1) is 0 Å². The molecule has 14 heteroatoms. The largest absolute Gasteiger partial charge is 0.494 e. The molecular weight excluding hydrogens is 747 g/mol. The van der Waals surface area contributed by atoms with Crippen LogP contribution in [0.3, 0.4) is 0 Å². The summed E-state index contributed by atoms with van der Waals surface area (Å²) >= 11 is 0. The van der Waals surface area contributed by atoms with Gasteiger partial charge in [0.05, 0.1) is 29.9 Å². The molecule has 1 fully saturated rings. The number of imide groups is 1. The van der Waals surface area contributed by atoms with Crippen LogP contribution in [-0.2, 0) is 28.0 Å². The highest BCUT2D eigenvalue weighted by Gasteiger charge is 2.39. The van der Waals surface area contributed by atoms with Crippen molar-refractivity contribution in [3.8, 4) is 28.8 Å². The minimum absolute atomic E-state index is 0.209. The molecule has 0 bridgehead atoms. The number of nitrogens with zero attached hydrogens (tertiary/aromatic N) is 6. The van der Waals surface area contributed by atoms with Crippen LogP contribution in [0.2, 0.25) is 0 Å². The predicted octanol–water partition coefficient (Wildman–Crippen LogP) is 5.47. The molecule has 4 heterocycles. The first-order valence-electron chi connectivity index (χ1n) is 19.5. The van der Waals surface area contributed by atoms with Gasteiger partial charge >= 0.3 is 0 Å². The molecule has 4 amide bonds. The van der Waals surface area contributed by atoms with Crippen molar-refractivity contribution in [1.29, 1.82) is 0 Å². The predicted molar refractivity (Wildman–Crippen MR) is 228 cm³/mol. The van der Waals surface area contributed by atoms with Crippen LogP contribution < -0.4 is 25.6 Å². The van der Waals surface area contributed by atoms with Crippen molar-refractivity contribution in [1.82, 2.24) is 29.7 Å². The first-order chi connectivity index (χ1) is 28.5. The third-order valence-electron chi connectivity index (χ3n) is 10.7.